The summed E-state index contributed by atoms with van der Waals surface area (Å²) in [4.78, 5) is 9.15. The van der Waals surface area contributed by atoms with E-state index in [1.165, 1.54) is 6.08 Å². The van der Waals surface area contributed by atoms with Gasteiger partial charge < -0.3 is 0 Å². The molecule has 0 saturated carbocycles. The molecule has 0 fully saturated rings. The molecule has 0 aromatic rings. The minimum absolute atomic E-state index is 0.215. The second-order valence-electron chi connectivity index (χ2n) is 2.44. The smallest absolute Gasteiger partial charge is 0.271 e. The maximum Gasteiger partial charge on any atom is 0.439 e. The highest BCUT2D eigenvalue weighted by Gasteiger charge is 2.45. The van der Waals surface area contributed by atoms with Crippen molar-refractivity contribution in [1.82, 2.24) is 4.42 Å². The van der Waals surface area contributed by atoms with E-state index in [-0.39, 0.29) is 11.0 Å². The van der Waals surface area contributed by atoms with Gasteiger partial charge >= 0.3 is 6.18 Å². The Bertz CT molecular complexity index is 324. The van der Waals surface area contributed by atoms with E-state index >= 15 is 0 Å². The Hall–Kier alpha value is -1.24. The molecule has 8 heteroatoms. The quantitative estimate of drug-likeness (QED) is 0.392. The zero-order valence-electron chi connectivity index (χ0n) is 6.58. The first-order valence-electron chi connectivity index (χ1n) is 3.39. The van der Waals surface area contributed by atoms with Crippen molar-refractivity contribution in [3.63, 3.8) is 0 Å². The summed E-state index contributed by atoms with van der Waals surface area (Å²) < 4.78 is 37.1. The molecule has 1 aliphatic rings. The van der Waals surface area contributed by atoms with Crippen LogP contribution in [0, 0.1) is 10.1 Å². The highest BCUT2D eigenvalue weighted by Crippen LogP contribution is 2.34. The number of allylic oxidation sites excluding steroid dienone is 2. The Morgan fingerprint density at radius 3 is 2.50 bits per heavy atom. The van der Waals surface area contributed by atoms with Crippen LogP contribution < -0.4 is 0 Å². The van der Waals surface area contributed by atoms with E-state index < -0.39 is 22.5 Å². The van der Waals surface area contributed by atoms with Crippen LogP contribution in [0.5, 0.6) is 0 Å². The third-order valence-electron chi connectivity index (χ3n) is 1.49. The lowest BCUT2D eigenvalue weighted by molar-refractivity contribution is -0.423. The molecule has 0 bridgehead atoms. The van der Waals surface area contributed by atoms with Crippen LogP contribution in [-0.4, -0.2) is 22.1 Å². The van der Waals surface area contributed by atoms with E-state index in [0.717, 1.165) is 6.08 Å². The predicted molar refractivity (Wildman–Crippen MR) is 41.8 cm³/mol. The summed E-state index contributed by atoms with van der Waals surface area (Å²) in [6, 6.07) is 0. The molecule has 78 valence electrons. The van der Waals surface area contributed by atoms with Crippen molar-refractivity contribution in [3.8, 4) is 0 Å². The summed E-state index contributed by atoms with van der Waals surface area (Å²) in [7, 11) is 0. The van der Waals surface area contributed by atoms with Crippen molar-refractivity contribution in [1.29, 1.82) is 0 Å². The van der Waals surface area contributed by atoms with Crippen molar-refractivity contribution in [2.24, 2.45) is 0 Å². The number of nitrogens with zero attached hydrogens (tertiary/aromatic N) is 2. The molecule has 0 unspecified atom stereocenters. The Morgan fingerprint density at radius 1 is 1.57 bits per heavy atom. The molecule has 0 saturated heterocycles. The Labute approximate surface area is 81.5 Å². The summed E-state index contributed by atoms with van der Waals surface area (Å²) in [5, 5.41) is 10.3. The third kappa shape index (κ3) is 1.98. The van der Waals surface area contributed by atoms with E-state index in [4.69, 9.17) is 11.8 Å². The molecule has 0 aromatic carbocycles. The van der Waals surface area contributed by atoms with Gasteiger partial charge in [0, 0.05) is 17.9 Å². The SMILES string of the molecule is O=[N+]([O-])C1=C(C(F)(F)F)N(Cl)CC=C1. The van der Waals surface area contributed by atoms with Gasteiger partial charge in [-0.25, -0.2) is 0 Å². The van der Waals surface area contributed by atoms with Gasteiger partial charge in [-0.15, -0.1) is 0 Å². The molecule has 0 radical (unpaired) electrons. The Morgan fingerprint density at radius 2 is 2.14 bits per heavy atom. The minimum Gasteiger partial charge on any atom is -0.271 e. The topological polar surface area (TPSA) is 46.4 Å². The number of nitro groups is 1. The first-order valence-corrected chi connectivity index (χ1v) is 3.73. The Kier molecular flexibility index (Phi) is 2.70. The number of hydrogen-bond acceptors (Lipinski definition) is 3. The van der Waals surface area contributed by atoms with E-state index in [1.807, 2.05) is 0 Å². The highest BCUT2D eigenvalue weighted by molar-refractivity contribution is 6.14. The zero-order chi connectivity index (χ0) is 10.9. The summed E-state index contributed by atoms with van der Waals surface area (Å²) in [6.45, 7) is -0.215. The molecule has 0 atom stereocenters. The van der Waals surface area contributed by atoms with Gasteiger partial charge in [0.15, 0.2) is 0 Å². The first kappa shape index (κ1) is 10.8. The van der Waals surface area contributed by atoms with Crippen LogP contribution in [0.4, 0.5) is 13.2 Å². The number of hydrogen-bond donors (Lipinski definition) is 0. The molecule has 0 spiro atoms. The summed E-state index contributed by atoms with van der Waals surface area (Å²) in [6.07, 6.45) is -2.85. The lowest BCUT2D eigenvalue weighted by Crippen LogP contribution is -2.30. The van der Waals surface area contributed by atoms with Crippen LogP contribution in [0.15, 0.2) is 23.5 Å². The van der Waals surface area contributed by atoms with Crippen molar-refractivity contribution >= 4 is 11.8 Å². The zero-order valence-corrected chi connectivity index (χ0v) is 7.34. The van der Waals surface area contributed by atoms with E-state index in [2.05, 4.69) is 0 Å². The molecular formula is C6H4ClF3N2O2. The van der Waals surface area contributed by atoms with Gasteiger partial charge in [0.05, 0.1) is 11.5 Å². The van der Waals surface area contributed by atoms with E-state index in [0.29, 0.717) is 0 Å². The molecule has 0 aliphatic carbocycles. The van der Waals surface area contributed by atoms with Crippen LogP contribution in [0.25, 0.3) is 0 Å². The molecule has 14 heavy (non-hydrogen) atoms. The van der Waals surface area contributed by atoms with Crippen molar-refractivity contribution < 1.29 is 18.1 Å². The fraction of sp³-hybridized carbons (Fsp3) is 0.333. The molecule has 0 aromatic heterocycles. The highest BCUT2D eigenvalue weighted by atomic mass is 35.5. The van der Waals surface area contributed by atoms with Gasteiger partial charge in [-0.1, -0.05) is 6.08 Å². The molecule has 1 heterocycles. The van der Waals surface area contributed by atoms with Crippen molar-refractivity contribution in [2.45, 2.75) is 6.18 Å². The molecule has 0 N–H and O–H groups in total. The average Bonchev–Trinajstić information content (AvgIpc) is 2.01. The van der Waals surface area contributed by atoms with E-state index in [1.54, 1.807) is 0 Å². The maximum atomic E-state index is 12.3. The van der Waals surface area contributed by atoms with Gasteiger partial charge in [-0.05, 0) is 0 Å². The number of alkyl halides is 3. The molecule has 0 amide bonds. The third-order valence-corrected chi connectivity index (χ3v) is 1.80. The first-order chi connectivity index (χ1) is 6.34. The average molecular weight is 229 g/mol. The maximum absolute atomic E-state index is 12.3. The normalized spacial score (nSPS) is 17.6. The van der Waals surface area contributed by atoms with Crippen LogP contribution in [0.1, 0.15) is 0 Å². The van der Waals surface area contributed by atoms with Crippen molar-refractivity contribution in [3.05, 3.63) is 33.7 Å². The number of rotatable bonds is 1. The molecular weight excluding hydrogens is 225 g/mol. The standard InChI is InChI=1S/C6H4ClF3N2O2/c7-11-3-1-2-4(12(13)14)5(11)6(8,9)10/h1-2H,3H2. The van der Waals surface area contributed by atoms with Crippen LogP contribution >= 0.6 is 11.8 Å². The fourth-order valence-electron chi connectivity index (χ4n) is 0.981. The summed E-state index contributed by atoms with van der Waals surface area (Å²) in [5.74, 6) is 0. The second kappa shape index (κ2) is 3.49. The van der Waals surface area contributed by atoms with Gasteiger partial charge in [-0.2, -0.15) is 13.2 Å². The van der Waals surface area contributed by atoms with Gasteiger partial charge in [0.25, 0.3) is 5.70 Å². The predicted octanol–water partition coefficient (Wildman–Crippen LogP) is 2.06. The summed E-state index contributed by atoms with van der Waals surface area (Å²) >= 11 is 5.21. The second-order valence-corrected chi connectivity index (χ2v) is 2.84. The van der Waals surface area contributed by atoms with Crippen LogP contribution in [0.2, 0.25) is 0 Å². The molecule has 1 rings (SSSR count). The van der Waals surface area contributed by atoms with Crippen LogP contribution in [-0.2, 0) is 0 Å². The number of halogens is 4. The van der Waals surface area contributed by atoms with Gasteiger partial charge in [0.1, 0.15) is 0 Å². The lowest BCUT2D eigenvalue weighted by Gasteiger charge is -2.21. The van der Waals surface area contributed by atoms with Gasteiger partial charge in [0.2, 0.25) is 5.70 Å². The Balaban J connectivity index is 3.25. The largest absolute Gasteiger partial charge is 0.439 e. The fourth-order valence-corrected chi connectivity index (χ4v) is 1.24. The molecule has 4 nitrogen and oxygen atoms in total. The molecule has 1 aliphatic heterocycles. The van der Waals surface area contributed by atoms with E-state index in [9.17, 15) is 23.3 Å². The lowest BCUT2D eigenvalue weighted by atomic mass is 10.2. The van der Waals surface area contributed by atoms with Gasteiger partial charge in [-0.3, -0.25) is 14.5 Å². The summed E-state index contributed by atoms with van der Waals surface area (Å²) in [5.41, 5.74) is -2.48. The van der Waals surface area contributed by atoms with Crippen molar-refractivity contribution in [2.75, 3.05) is 6.54 Å². The minimum atomic E-state index is -4.82. The monoisotopic (exact) mass is 228 g/mol. The van der Waals surface area contributed by atoms with Crippen LogP contribution in [0.3, 0.4) is 0 Å².